The van der Waals surface area contributed by atoms with Crippen LogP contribution >= 0.6 is 0 Å². The molecule has 2 aliphatic rings. The van der Waals surface area contributed by atoms with E-state index >= 15 is 0 Å². The van der Waals surface area contributed by atoms with Gasteiger partial charge in [-0.15, -0.1) is 0 Å². The molecule has 0 spiro atoms. The number of aliphatic carboxylic acids is 1. The minimum absolute atomic E-state index is 0.126. The zero-order valence-corrected chi connectivity index (χ0v) is 10.4. The Morgan fingerprint density at radius 2 is 2.00 bits per heavy atom. The van der Waals surface area contributed by atoms with Crippen LogP contribution in [0.2, 0.25) is 0 Å². The third kappa shape index (κ3) is 2.22. The van der Waals surface area contributed by atoms with Gasteiger partial charge in [0.15, 0.2) is 5.60 Å². The molecular weight excluding hydrogens is 236 g/mol. The van der Waals surface area contributed by atoms with Gasteiger partial charge < -0.3 is 21.3 Å². The number of nitrogens with one attached hydrogen (secondary N) is 1. The van der Waals surface area contributed by atoms with Gasteiger partial charge in [0.2, 0.25) is 5.91 Å². The van der Waals surface area contributed by atoms with Crippen LogP contribution in [0.3, 0.4) is 0 Å². The van der Waals surface area contributed by atoms with Crippen molar-refractivity contribution in [1.82, 2.24) is 5.32 Å². The molecule has 5 N–H and O–H groups in total. The lowest BCUT2D eigenvalue weighted by Crippen LogP contribution is -2.51. The van der Waals surface area contributed by atoms with Crippen molar-refractivity contribution in [3.05, 3.63) is 0 Å². The standard InChI is InChI=1S/C12H20N2O4/c1-12(18,11(16)17)5-14-10(15)8-6-2-3-7(4-6)9(8)13/h6-9,18H,2-5,13H2,1H3,(H,14,15)(H,16,17). The van der Waals surface area contributed by atoms with Crippen LogP contribution in [0.4, 0.5) is 0 Å². The van der Waals surface area contributed by atoms with Gasteiger partial charge in [-0.1, -0.05) is 0 Å². The number of amides is 1. The molecule has 5 unspecified atom stereocenters. The Balaban J connectivity index is 1.91. The maximum absolute atomic E-state index is 12.0. The van der Waals surface area contributed by atoms with Gasteiger partial charge in [0.1, 0.15) is 0 Å². The molecule has 0 aliphatic heterocycles. The number of hydrogen-bond donors (Lipinski definition) is 4. The Bertz CT molecular complexity index is 367. The fourth-order valence-corrected chi connectivity index (χ4v) is 3.18. The van der Waals surface area contributed by atoms with Crippen molar-refractivity contribution in [3.63, 3.8) is 0 Å². The second-order valence-electron chi connectivity index (χ2n) is 5.73. The van der Waals surface area contributed by atoms with Crippen molar-refractivity contribution in [1.29, 1.82) is 0 Å². The van der Waals surface area contributed by atoms with Crippen LogP contribution in [-0.2, 0) is 9.59 Å². The first kappa shape index (κ1) is 13.3. The van der Waals surface area contributed by atoms with Gasteiger partial charge in [-0.2, -0.15) is 0 Å². The lowest BCUT2D eigenvalue weighted by atomic mass is 9.84. The number of carboxylic acids is 1. The average molecular weight is 256 g/mol. The lowest BCUT2D eigenvalue weighted by Gasteiger charge is -2.28. The Labute approximate surface area is 106 Å². The number of hydrogen-bond acceptors (Lipinski definition) is 4. The smallest absolute Gasteiger partial charge is 0.337 e. The van der Waals surface area contributed by atoms with E-state index in [1.165, 1.54) is 0 Å². The summed E-state index contributed by atoms with van der Waals surface area (Å²) in [7, 11) is 0. The topological polar surface area (TPSA) is 113 Å². The van der Waals surface area contributed by atoms with E-state index < -0.39 is 11.6 Å². The van der Waals surface area contributed by atoms with Crippen LogP contribution in [0.5, 0.6) is 0 Å². The summed E-state index contributed by atoms with van der Waals surface area (Å²) in [5.41, 5.74) is 4.09. The first-order valence-electron chi connectivity index (χ1n) is 6.32. The van der Waals surface area contributed by atoms with Crippen molar-refractivity contribution in [2.75, 3.05) is 6.54 Å². The second-order valence-corrected chi connectivity index (χ2v) is 5.73. The molecule has 0 aromatic rings. The Morgan fingerprint density at radius 1 is 1.39 bits per heavy atom. The van der Waals surface area contributed by atoms with E-state index in [0.29, 0.717) is 11.8 Å². The second kappa shape index (κ2) is 4.51. The summed E-state index contributed by atoms with van der Waals surface area (Å²) >= 11 is 0. The summed E-state index contributed by atoms with van der Waals surface area (Å²) < 4.78 is 0. The SMILES string of the molecule is CC(O)(CNC(=O)C1C2CCC(C2)C1N)C(=O)O. The third-order valence-corrected chi connectivity index (χ3v) is 4.35. The van der Waals surface area contributed by atoms with E-state index in [2.05, 4.69) is 5.32 Å². The summed E-state index contributed by atoms with van der Waals surface area (Å²) in [5.74, 6) is -1.06. The van der Waals surface area contributed by atoms with Gasteiger partial charge in [-0.3, -0.25) is 4.79 Å². The third-order valence-electron chi connectivity index (χ3n) is 4.35. The molecule has 0 heterocycles. The fourth-order valence-electron chi connectivity index (χ4n) is 3.18. The van der Waals surface area contributed by atoms with E-state index in [1.54, 1.807) is 0 Å². The number of carbonyl (C=O) groups is 2. The largest absolute Gasteiger partial charge is 0.479 e. The number of rotatable bonds is 4. The summed E-state index contributed by atoms with van der Waals surface area (Å²) in [6, 6.07) is -0.126. The molecule has 18 heavy (non-hydrogen) atoms. The lowest BCUT2D eigenvalue weighted by molar-refractivity contribution is -0.156. The highest BCUT2D eigenvalue weighted by atomic mass is 16.4. The van der Waals surface area contributed by atoms with E-state index in [-0.39, 0.29) is 24.4 Å². The maximum Gasteiger partial charge on any atom is 0.337 e. The molecule has 2 rings (SSSR count). The molecule has 6 heteroatoms. The van der Waals surface area contributed by atoms with Crippen LogP contribution in [0.25, 0.3) is 0 Å². The molecule has 2 saturated carbocycles. The zero-order chi connectivity index (χ0) is 13.5. The molecule has 1 amide bonds. The Kier molecular flexibility index (Phi) is 3.33. The summed E-state index contributed by atoms with van der Waals surface area (Å²) in [6.07, 6.45) is 3.10. The molecular formula is C12H20N2O4. The highest BCUT2D eigenvalue weighted by molar-refractivity contribution is 5.82. The van der Waals surface area contributed by atoms with Crippen LogP contribution in [0.15, 0.2) is 0 Å². The van der Waals surface area contributed by atoms with Gasteiger partial charge in [-0.25, -0.2) is 4.79 Å². The van der Waals surface area contributed by atoms with Crippen LogP contribution in [0, 0.1) is 17.8 Å². The number of nitrogens with two attached hydrogens (primary N) is 1. The number of carboxylic acid groups (broad SMARTS) is 1. The molecule has 0 radical (unpaired) electrons. The molecule has 6 nitrogen and oxygen atoms in total. The minimum Gasteiger partial charge on any atom is -0.479 e. The zero-order valence-electron chi connectivity index (χ0n) is 10.4. The first-order valence-corrected chi connectivity index (χ1v) is 6.32. The molecule has 2 fully saturated rings. The van der Waals surface area contributed by atoms with E-state index in [4.69, 9.17) is 10.8 Å². The van der Waals surface area contributed by atoms with Crippen LogP contribution < -0.4 is 11.1 Å². The Morgan fingerprint density at radius 3 is 2.50 bits per heavy atom. The quantitative estimate of drug-likeness (QED) is 0.532. The molecule has 2 aliphatic carbocycles. The van der Waals surface area contributed by atoms with Crippen molar-refractivity contribution >= 4 is 11.9 Å². The van der Waals surface area contributed by atoms with Gasteiger partial charge in [-0.05, 0) is 38.0 Å². The normalized spacial score (nSPS) is 37.3. The predicted octanol–water partition coefficient (Wildman–Crippen LogP) is -0.688. The van der Waals surface area contributed by atoms with Crippen LogP contribution in [0.1, 0.15) is 26.2 Å². The van der Waals surface area contributed by atoms with Crippen LogP contribution in [-0.4, -0.2) is 40.3 Å². The van der Waals surface area contributed by atoms with Crippen molar-refractivity contribution in [2.45, 2.75) is 37.8 Å². The fraction of sp³-hybridized carbons (Fsp3) is 0.833. The van der Waals surface area contributed by atoms with Gasteiger partial charge in [0.25, 0.3) is 0 Å². The van der Waals surface area contributed by atoms with E-state index in [0.717, 1.165) is 26.2 Å². The van der Waals surface area contributed by atoms with Crippen molar-refractivity contribution in [2.24, 2.45) is 23.5 Å². The highest BCUT2D eigenvalue weighted by Gasteiger charge is 2.49. The van der Waals surface area contributed by atoms with E-state index in [1.807, 2.05) is 0 Å². The molecule has 0 saturated heterocycles. The van der Waals surface area contributed by atoms with Gasteiger partial charge in [0.05, 0.1) is 12.5 Å². The number of carbonyl (C=O) groups excluding carboxylic acids is 1. The summed E-state index contributed by atoms with van der Waals surface area (Å²) in [4.78, 5) is 22.7. The molecule has 0 aromatic carbocycles. The van der Waals surface area contributed by atoms with Gasteiger partial charge in [0, 0.05) is 6.04 Å². The van der Waals surface area contributed by atoms with Crippen molar-refractivity contribution in [3.8, 4) is 0 Å². The predicted molar refractivity (Wildman–Crippen MR) is 63.6 cm³/mol. The van der Waals surface area contributed by atoms with Crippen molar-refractivity contribution < 1.29 is 19.8 Å². The summed E-state index contributed by atoms with van der Waals surface area (Å²) in [6.45, 7) is 0.873. The Hall–Kier alpha value is -1.14. The highest BCUT2D eigenvalue weighted by Crippen LogP contribution is 2.47. The number of fused-ring (bicyclic) bond motifs is 2. The molecule has 0 aromatic heterocycles. The maximum atomic E-state index is 12.0. The first-order chi connectivity index (χ1) is 8.33. The molecule has 102 valence electrons. The monoisotopic (exact) mass is 256 g/mol. The minimum atomic E-state index is -1.93. The van der Waals surface area contributed by atoms with Gasteiger partial charge >= 0.3 is 5.97 Å². The average Bonchev–Trinajstić information content (AvgIpc) is 2.86. The molecule has 2 bridgehead atoms. The number of aliphatic hydroxyl groups is 1. The molecule has 5 atom stereocenters. The summed E-state index contributed by atoms with van der Waals surface area (Å²) in [5, 5.41) is 20.8. The van der Waals surface area contributed by atoms with E-state index in [9.17, 15) is 14.7 Å².